The number of hydrogen-bond acceptors (Lipinski definition) is 3. The molecule has 1 rings (SSSR count). The van der Waals surface area contributed by atoms with Crippen molar-refractivity contribution in [2.45, 2.75) is 12.8 Å². The number of benzene rings is 1. The van der Waals surface area contributed by atoms with Gasteiger partial charge in [0.1, 0.15) is 0 Å². The predicted octanol–water partition coefficient (Wildman–Crippen LogP) is 1.74. The first-order chi connectivity index (χ1) is 9.08. The highest BCUT2D eigenvalue weighted by atomic mass is 35.5. The Morgan fingerprint density at radius 1 is 1.16 bits per heavy atom. The van der Waals surface area contributed by atoms with Crippen molar-refractivity contribution < 1.29 is 15.0 Å². The Morgan fingerprint density at radius 3 is 2.32 bits per heavy atom. The summed E-state index contributed by atoms with van der Waals surface area (Å²) in [7, 11) is 0. The minimum absolute atomic E-state index is 0.117. The number of halogens is 2. The van der Waals surface area contributed by atoms with E-state index in [1.807, 2.05) is 0 Å². The molecule has 0 unspecified atom stereocenters. The van der Waals surface area contributed by atoms with Crippen LogP contribution in [0.15, 0.2) is 18.2 Å². The molecule has 19 heavy (non-hydrogen) atoms. The van der Waals surface area contributed by atoms with Gasteiger partial charge in [0.25, 0.3) is 0 Å². The number of rotatable bonds is 7. The zero-order valence-electron chi connectivity index (χ0n) is 10.5. The summed E-state index contributed by atoms with van der Waals surface area (Å²) < 4.78 is 0. The van der Waals surface area contributed by atoms with E-state index in [-0.39, 0.29) is 38.6 Å². The second-order valence-corrected chi connectivity index (χ2v) is 4.91. The molecule has 0 spiro atoms. The predicted molar refractivity (Wildman–Crippen MR) is 75.5 cm³/mol. The molecule has 1 aromatic carbocycles. The van der Waals surface area contributed by atoms with Gasteiger partial charge in [0.15, 0.2) is 0 Å². The summed E-state index contributed by atoms with van der Waals surface area (Å²) in [6, 6.07) is 5.16. The summed E-state index contributed by atoms with van der Waals surface area (Å²) in [5.41, 5.74) is 0.854. The van der Waals surface area contributed by atoms with E-state index in [0.717, 1.165) is 5.56 Å². The Balaban J connectivity index is 2.56. The standard InChI is InChI=1S/C13H17Cl2NO3/c14-11-3-1-10(12(15)9-11)2-4-13(19)16(5-7-17)6-8-18/h1,3,9,17-18H,2,4-8H2. The lowest BCUT2D eigenvalue weighted by molar-refractivity contribution is -0.132. The van der Waals surface area contributed by atoms with Gasteiger partial charge >= 0.3 is 0 Å². The van der Waals surface area contributed by atoms with E-state index in [4.69, 9.17) is 33.4 Å². The van der Waals surface area contributed by atoms with Crippen LogP contribution in [0, 0.1) is 0 Å². The summed E-state index contributed by atoms with van der Waals surface area (Å²) >= 11 is 11.8. The minimum Gasteiger partial charge on any atom is -0.395 e. The zero-order valence-corrected chi connectivity index (χ0v) is 12.0. The largest absolute Gasteiger partial charge is 0.395 e. The van der Waals surface area contributed by atoms with Crippen molar-refractivity contribution in [2.75, 3.05) is 26.3 Å². The second-order valence-electron chi connectivity index (χ2n) is 4.06. The van der Waals surface area contributed by atoms with E-state index in [9.17, 15) is 4.79 Å². The highest BCUT2D eigenvalue weighted by Crippen LogP contribution is 2.22. The van der Waals surface area contributed by atoms with Crippen LogP contribution < -0.4 is 0 Å². The monoisotopic (exact) mass is 305 g/mol. The fraction of sp³-hybridized carbons (Fsp3) is 0.462. The Kier molecular flexibility index (Phi) is 7.16. The van der Waals surface area contributed by atoms with Crippen LogP contribution in [-0.2, 0) is 11.2 Å². The van der Waals surface area contributed by atoms with Gasteiger partial charge in [-0.1, -0.05) is 29.3 Å². The lowest BCUT2D eigenvalue weighted by Gasteiger charge is -2.20. The number of aliphatic hydroxyl groups is 2. The molecule has 0 bridgehead atoms. The molecule has 106 valence electrons. The van der Waals surface area contributed by atoms with Gasteiger partial charge in [-0.3, -0.25) is 4.79 Å². The normalized spacial score (nSPS) is 10.5. The third-order valence-electron chi connectivity index (χ3n) is 2.72. The molecule has 0 saturated carbocycles. The molecule has 0 aliphatic rings. The molecule has 0 fully saturated rings. The van der Waals surface area contributed by atoms with Crippen molar-refractivity contribution >= 4 is 29.1 Å². The van der Waals surface area contributed by atoms with Crippen LogP contribution in [0.1, 0.15) is 12.0 Å². The van der Waals surface area contributed by atoms with E-state index >= 15 is 0 Å². The van der Waals surface area contributed by atoms with Gasteiger partial charge in [0, 0.05) is 29.6 Å². The number of amides is 1. The van der Waals surface area contributed by atoms with Gasteiger partial charge in [-0.2, -0.15) is 0 Å². The van der Waals surface area contributed by atoms with Gasteiger partial charge in [-0.15, -0.1) is 0 Å². The first-order valence-electron chi connectivity index (χ1n) is 6.02. The van der Waals surface area contributed by atoms with Crippen LogP contribution >= 0.6 is 23.2 Å². The van der Waals surface area contributed by atoms with Crippen molar-refractivity contribution in [3.05, 3.63) is 33.8 Å². The van der Waals surface area contributed by atoms with E-state index < -0.39 is 0 Å². The summed E-state index contributed by atoms with van der Waals surface area (Å²) in [6.07, 6.45) is 0.781. The van der Waals surface area contributed by atoms with E-state index in [0.29, 0.717) is 16.5 Å². The Hall–Kier alpha value is -0.810. The van der Waals surface area contributed by atoms with Gasteiger partial charge in [0.05, 0.1) is 13.2 Å². The molecule has 0 aromatic heterocycles. The van der Waals surface area contributed by atoms with Crippen molar-refractivity contribution in [3.8, 4) is 0 Å². The van der Waals surface area contributed by atoms with Gasteiger partial charge in [-0.25, -0.2) is 0 Å². The van der Waals surface area contributed by atoms with E-state index in [1.54, 1.807) is 18.2 Å². The van der Waals surface area contributed by atoms with Crippen molar-refractivity contribution in [1.29, 1.82) is 0 Å². The van der Waals surface area contributed by atoms with Gasteiger partial charge in [0.2, 0.25) is 5.91 Å². The van der Waals surface area contributed by atoms with Crippen molar-refractivity contribution in [3.63, 3.8) is 0 Å². The number of hydrogen-bond donors (Lipinski definition) is 2. The average Bonchev–Trinajstić information content (AvgIpc) is 2.37. The number of nitrogens with zero attached hydrogens (tertiary/aromatic N) is 1. The highest BCUT2D eigenvalue weighted by Gasteiger charge is 2.13. The number of aliphatic hydroxyl groups excluding tert-OH is 2. The summed E-state index contributed by atoms with van der Waals surface area (Å²) in [5, 5.41) is 18.8. The van der Waals surface area contributed by atoms with Crippen LogP contribution in [0.2, 0.25) is 10.0 Å². The molecular formula is C13H17Cl2NO3. The molecule has 6 heteroatoms. The maximum atomic E-state index is 11.9. The molecule has 1 aromatic rings. The number of carbonyl (C=O) groups excluding carboxylic acids is 1. The third kappa shape index (κ3) is 5.37. The summed E-state index contributed by atoms with van der Waals surface area (Å²) in [4.78, 5) is 13.3. The first-order valence-corrected chi connectivity index (χ1v) is 6.77. The minimum atomic E-state index is -0.118. The summed E-state index contributed by atoms with van der Waals surface area (Å²) in [6.45, 7) is 0.225. The topological polar surface area (TPSA) is 60.8 Å². The fourth-order valence-corrected chi connectivity index (χ4v) is 2.23. The molecule has 4 nitrogen and oxygen atoms in total. The smallest absolute Gasteiger partial charge is 0.223 e. The number of carbonyl (C=O) groups is 1. The SMILES string of the molecule is O=C(CCc1ccc(Cl)cc1Cl)N(CCO)CCO. The molecular weight excluding hydrogens is 289 g/mol. The molecule has 0 aliphatic carbocycles. The second kappa shape index (κ2) is 8.38. The Labute approximate surface area is 122 Å². The van der Waals surface area contributed by atoms with Crippen LogP contribution in [0.5, 0.6) is 0 Å². The van der Waals surface area contributed by atoms with Gasteiger partial charge in [-0.05, 0) is 24.1 Å². The fourth-order valence-electron chi connectivity index (χ4n) is 1.73. The quantitative estimate of drug-likeness (QED) is 0.806. The maximum Gasteiger partial charge on any atom is 0.223 e. The molecule has 2 N–H and O–H groups in total. The van der Waals surface area contributed by atoms with Crippen LogP contribution in [0.4, 0.5) is 0 Å². The maximum absolute atomic E-state index is 11.9. The lowest BCUT2D eigenvalue weighted by atomic mass is 10.1. The molecule has 0 heterocycles. The zero-order chi connectivity index (χ0) is 14.3. The molecule has 0 aliphatic heterocycles. The number of aryl methyl sites for hydroxylation is 1. The molecule has 0 radical (unpaired) electrons. The van der Waals surface area contributed by atoms with Gasteiger partial charge < -0.3 is 15.1 Å². The summed E-state index contributed by atoms with van der Waals surface area (Å²) in [5.74, 6) is -0.117. The van der Waals surface area contributed by atoms with Crippen LogP contribution in [0.25, 0.3) is 0 Å². The first kappa shape index (κ1) is 16.2. The van der Waals surface area contributed by atoms with Crippen molar-refractivity contribution in [2.24, 2.45) is 0 Å². The molecule has 1 amide bonds. The average molecular weight is 306 g/mol. The molecule has 0 saturated heterocycles. The highest BCUT2D eigenvalue weighted by molar-refractivity contribution is 6.35. The van der Waals surface area contributed by atoms with Crippen molar-refractivity contribution in [1.82, 2.24) is 4.90 Å². The lowest BCUT2D eigenvalue weighted by Crippen LogP contribution is -2.35. The van der Waals surface area contributed by atoms with E-state index in [2.05, 4.69) is 0 Å². The Morgan fingerprint density at radius 2 is 1.79 bits per heavy atom. The Bertz CT molecular complexity index is 420. The van der Waals surface area contributed by atoms with E-state index in [1.165, 1.54) is 4.90 Å². The molecule has 0 atom stereocenters. The third-order valence-corrected chi connectivity index (χ3v) is 3.30. The van der Waals surface area contributed by atoms with Crippen LogP contribution in [0.3, 0.4) is 0 Å². The van der Waals surface area contributed by atoms with Crippen LogP contribution in [-0.4, -0.2) is 47.3 Å².